The molecule has 7 nitrogen and oxygen atoms in total. The Bertz CT molecular complexity index is 1010. The van der Waals surface area contributed by atoms with Gasteiger partial charge in [0.1, 0.15) is 11.5 Å². The molecule has 1 aromatic heterocycles. The van der Waals surface area contributed by atoms with Crippen LogP contribution in [0.25, 0.3) is 11.3 Å². The highest BCUT2D eigenvalue weighted by Crippen LogP contribution is 2.33. The summed E-state index contributed by atoms with van der Waals surface area (Å²) in [6.45, 7) is 0.729. The van der Waals surface area contributed by atoms with Crippen molar-refractivity contribution in [3.63, 3.8) is 0 Å². The van der Waals surface area contributed by atoms with Crippen LogP contribution in [0.2, 0.25) is 5.02 Å². The van der Waals surface area contributed by atoms with Crippen LogP contribution in [-0.4, -0.2) is 45.6 Å². The quantitative estimate of drug-likeness (QED) is 0.763. The van der Waals surface area contributed by atoms with Crippen molar-refractivity contribution in [1.82, 2.24) is 20.0 Å². The van der Waals surface area contributed by atoms with Gasteiger partial charge in [-0.2, -0.15) is 5.10 Å². The second-order valence-electron chi connectivity index (χ2n) is 7.52. The molecule has 3 amide bonds. The van der Waals surface area contributed by atoms with Gasteiger partial charge in [0.05, 0.1) is 29.4 Å². The fraction of sp³-hybridized carbons (Fsp3) is 0.421. The number of carbonyl (C=O) groups is 2. The maximum Gasteiger partial charge on any atom is 0.318 e. The summed E-state index contributed by atoms with van der Waals surface area (Å²) in [6.07, 6.45) is -1.88. The number of aromatic nitrogens is 2. The van der Waals surface area contributed by atoms with Crippen molar-refractivity contribution < 1.29 is 22.8 Å². The Kier molecular flexibility index (Phi) is 5.35. The molecule has 2 aliphatic rings. The molecule has 1 aromatic carbocycles. The van der Waals surface area contributed by atoms with Gasteiger partial charge in [0.2, 0.25) is 6.43 Å². The lowest BCUT2D eigenvalue weighted by molar-refractivity contribution is 0.0169. The number of amides is 3. The fourth-order valence-electron chi connectivity index (χ4n) is 3.85. The summed E-state index contributed by atoms with van der Waals surface area (Å²) in [7, 11) is 0. The van der Waals surface area contributed by atoms with Gasteiger partial charge in [-0.3, -0.25) is 9.48 Å². The van der Waals surface area contributed by atoms with Crippen LogP contribution in [0.1, 0.15) is 28.9 Å². The molecule has 1 aliphatic heterocycles. The van der Waals surface area contributed by atoms with E-state index in [1.807, 2.05) is 0 Å². The molecule has 1 aliphatic carbocycles. The van der Waals surface area contributed by atoms with Gasteiger partial charge in [0.15, 0.2) is 0 Å². The van der Waals surface area contributed by atoms with Gasteiger partial charge in [0.25, 0.3) is 5.91 Å². The standard InChI is InChI=1S/C19H19ClF3N5O2/c20-12-7-9(1-2-13(12)21)16-15(18(24)29)14-8-27(3-4-28(14)26-16)19(30)25-11-5-10(6-11)17(22)23/h1-2,7,10-11,17H,3-6,8H2,(H2,24,29)(H,25,30). The lowest BCUT2D eigenvalue weighted by Crippen LogP contribution is -2.52. The third-order valence-electron chi connectivity index (χ3n) is 5.57. The average Bonchev–Trinajstić information content (AvgIpc) is 3.04. The SMILES string of the molecule is NC(=O)c1c(-c2ccc(F)c(Cl)c2)nn2c1CN(C(=O)NC1CC(C(F)F)C1)CC2. The fourth-order valence-corrected chi connectivity index (χ4v) is 4.03. The van der Waals surface area contributed by atoms with E-state index in [0.29, 0.717) is 24.3 Å². The number of carbonyl (C=O) groups excluding carboxylic acids is 2. The summed E-state index contributed by atoms with van der Waals surface area (Å²) >= 11 is 5.85. The number of hydrogen-bond acceptors (Lipinski definition) is 3. The molecular weight excluding hydrogens is 423 g/mol. The Morgan fingerprint density at radius 2 is 2.00 bits per heavy atom. The van der Waals surface area contributed by atoms with E-state index in [4.69, 9.17) is 17.3 Å². The van der Waals surface area contributed by atoms with E-state index in [-0.39, 0.29) is 47.7 Å². The number of primary amides is 1. The summed E-state index contributed by atoms with van der Waals surface area (Å²) in [5, 5.41) is 7.06. The monoisotopic (exact) mass is 441 g/mol. The molecule has 11 heteroatoms. The van der Waals surface area contributed by atoms with Crippen molar-refractivity contribution in [2.75, 3.05) is 6.54 Å². The van der Waals surface area contributed by atoms with Crippen molar-refractivity contribution in [2.45, 2.75) is 38.4 Å². The van der Waals surface area contributed by atoms with E-state index in [2.05, 4.69) is 10.4 Å². The number of fused-ring (bicyclic) bond motifs is 1. The molecule has 3 N–H and O–H groups in total. The van der Waals surface area contributed by atoms with Crippen LogP contribution in [0.4, 0.5) is 18.0 Å². The molecule has 2 heterocycles. The second-order valence-corrected chi connectivity index (χ2v) is 7.93. The summed E-state index contributed by atoms with van der Waals surface area (Å²) in [5.74, 6) is -2.00. The van der Waals surface area contributed by atoms with E-state index >= 15 is 0 Å². The molecule has 160 valence electrons. The molecule has 0 bridgehead atoms. The first-order valence-electron chi connectivity index (χ1n) is 9.43. The average molecular weight is 442 g/mol. The molecule has 1 saturated carbocycles. The van der Waals surface area contributed by atoms with E-state index in [0.717, 1.165) is 0 Å². The molecule has 0 unspecified atom stereocenters. The van der Waals surface area contributed by atoms with Gasteiger partial charge in [0, 0.05) is 24.1 Å². The highest BCUT2D eigenvalue weighted by Gasteiger charge is 2.37. The summed E-state index contributed by atoms with van der Waals surface area (Å²) in [4.78, 5) is 26.2. The molecule has 4 rings (SSSR count). The first kappa shape index (κ1) is 20.5. The lowest BCUT2D eigenvalue weighted by atomic mass is 9.80. The zero-order chi connectivity index (χ0) is 21.6. The molecule has 0 radical (unpaired) electrons. The van der Waals surface area contributed by atoms with Crippen molar-refractivity contribution in [1.29, 1.82) is 0 Å². The number of rotatable bonds is 4. The van der Waals surface area contributed by atoms with Gasteiger partial charge in [-0.1, -0.05) is 11.6 Å². The predicted molar refractivity (Wildman–Crippen MR) is 103 cm³/mol. The number of nitrogens with one attached hydrogen (secondary N) is 1. The number of nitrogens with zero attached hydrogens (tertiary/aromatic N) is 3. The van der Waals surface area contributed by atoms with Crippen LogP contribution >= 0.6 is 11.6 Å². The van der Waals surface area contributed by atoms with Crippen LogP contribution in [0.15, 0.2) is 18.2 Å². The largest absolute Gasteiger partial charge is 0.365 e. The maximum atomic E-state index is 13.5. The van der Waals surface area contributed by atoms with Gasteiger partial charge in [-0.05, 0) is 31.0 Å². The molecular formula is C19H19ClF3N5O2. The van der Waals surface area contributed by atoms with Crippen molar-refractivity contribution in [2.24, 2.45) is 11.7 Å². The zero-order valence-corrected chi connectivity index (χ0v) is 16.5. The molecule has 1 fully saturated rings. The highest BCUT2D eigenvalue weighted by atomic mass is 35.5. The normalized spacial score (nSPS) is 20.6. The summed E-state index contributed by atoms with van der Waals surface area (Å²) < 4.78 is 40.3. The predicted octanol–water partition coefficient (Wildman–Crippen LogP) is 3.01. The molecule has 30 heavy (non-hydrogen) atoms. The Morgan fingerprint density at radius 1 is 1.27 bits per heavy atom. The molecule has 2 aromatic rings. The smallest absolute Gasteiger partial charge is 0.318 e. The number of hydrogen-bond donors (Lipinski definition) is 2. The topological polar surface area (TPSA) is 93.2 Å². The van der Waals surface area contributed by atoms with Crippen LogP contribution < -0.4 is 11.1 Å². The summed E-state index contributed by atoms with van der Waals surface area (Å²) in [5.41, 5.74) is 6.86. The minimum absolute atomic E-state index is 0.0804. The third kappa shape index (κ3) is 3.71. The Morgan fingerprint density at radius 3 is 2.63 bits per heavy atom. The van der Waals surface area contributed by atoms with Crippen LogP contribution in [-0.2, 0) is 13.1 Å². The van der Waals surface area contributed by atoms with E-state index < -0.39 is 24.1 Å². The Hall–Kier alpha value is -2.75. The Labute approximate surface area is 175 Å². The van der Waals surface area contributed by atoms with Crippen LogP contribution in [0.5, 0.6) is 0 Å². The molecule has 0 atom stereocenters. The van der Waals surface area contributed by atoms with E-state index in [1.54, 1.807) is 4.68 Å². The number of alkyl halides is 2. The number of nitrogens with two attached hydrogens (primary N) is 1. The first-order chi connectivity index (χ1) is 14.2. The highest BCUT2D eigenvalue weighted by molar-refractivity contribution is 6.31. The Balaban J connectivity index is 1.54. The first-order valence-corrected chi connectivity index (χ1v) is 9.81. The zero-order valence-electron chi connectivity index (χ0n) is 15.7. The van der Waals surface area contributed by atoms with Crippen LogP contribution in [0.3, 0.4) is 0 Å². The maximum absolute atomic E-state index is 13.5. The van der Waals surface area contributed by atoms with Gasteiger partial charge in [-0.25, -0.2) is 18.0 Å². The molecule has 0 spiro atoms. The van der Waals surface area contributed by atoms with Gasteiger partial charge in [-0.15, -0.1) is 0 Å². The summed E-state index contributed by atoms with van der Waals surface area (Å²) in [6, 6.07) is 3.31. The lowest BCUT2D eigenvalue weighted by Gasteiger charge is -2.37. The van der Waals surface area contributed by atoms with E-state index in [1.165, 1.54) is 23.1 Å². The molecule has 0 saturated heterocycles. The van der Waals surface area contributed by atoms with Crippen molar-refractivity contribution in [3.8, 4) is 11.3 Å². The second kappa shape index (κ2) is 7.82. The van der Waals surface area contributed by atoms with Gasteiger partial charge >= 0.3 is 6.03 Å². The van der Waals surface area contributed by atoms with Gasteiger partial charge < -0.3 is 16.0 Å². The van der Waals surface area contributed by atoms with Crippen molar-refractivity contribution in [3.05, 3.63) is 40.3 Å². The van der Waals surface area contributed by atoms with Crippen molar-refractivity contribution >= 4 is 23.5 Å². The van der Waals surface area contributed by atoms with Crippen LogP contribution in [0, 0.1) is 11.7 Å². The number of benzene rings is 1. The minimum Gasteiger partial charge on any atom is -0.365 e. The number of urea groups is 1. The minimum atomic E-state index is -2.38. The van der Waals surface area contributed by atoms with E-state index in [9.17, 15) is 22.8 Å². The third-order valence-corrected chi connectivity index (χ3v) is 5.85. The number of halogens is 4.